The van der Waals surface area contributed by atoms with Crippen LogP contribution >= 0.6 is 0 Å². The molecule has 32 heavy (non-hydrogen) atoms. The van der Waals surface area contributed by atoms with Gasteiger partial charge in [-0.2, -0.15) is 8.78 Å². The second kappa shape index (κ2) is 9.37. The first-order chi connectivity index (χ1) is 15.3. The molecule has 0 aromatic heterocycles. The molecule has 3 N–H and O–H groups in total. The number of carbonyl (C=O) groups excluding carboxylic acids is 3. The first kappa shape index (κ1) is 22.4. The summed E-state index contributed by atoms with van der Waals surface area (Å²) in [7, 11) is 0. The summed E-state index contributed by atoms with van der Waals surface area (Å²) < 4.78 is 35.7. The van der Waals surface area contributed by atoms with Gasteiger partial charge in [-0.25, -0.2) is 0 Å². The number of carbonyl (C=O) groups is 3. The van der Waals surface area contributed by atoms with E-state index in [9.17, 15) is 23.2 Å². The minimum absolute atomic E-state index is 0.137. The number of morpholine rings is 1. The lowest BCUT2D eigenvalue weighted by Crippen LogP contribution is -2.58. The molecule has 1 aromatic rings. The summed E-state index contributed by atoms with van der Waals surface area (Å²) >= 11 is 0. The SMILES string of the molecule is NC(=O)[C@@H](C(=O)Nc1ccc(N2CCOCC2=O)c(OC(F)F)c1)N(C1CCC1)C1CC1. The van der Waals surface area contributed by atoms with E-state index in [0.29, 0.717) is 0 Å². The Bertz CT molecular complexity index is 891. The molecular weight excluding hydrogens is 426 g/mol. The number of rotatable bonds is 9. The molecule has 2 saturated carbocycles. The Kier molecular flexibility index (Phi) is 6.56. The van der Waals surface area contributed by atoms with Crippen molar-refractivity contribution in [1.82, 2.24) is 4.90 Å². The molecule has 2 aliphatic carbocycles. The van der Waals surface area contributed by atoms with Gasteiger partial charge in [0.1, 0.15) is 6.61 Å². The van der Waals surface area contributed by atoms with E-state index < -0.39 is 24.5 Å². The Balaban J connectivity index is 1.56. The van der Waals surface area contributed by atoms with Crippen molar-refractivity contribution in [2.45, 2.75) is 56.8 Å². The van der Waals surface area contributed by atoms with E-state index in [1.807, 2.05) is 4.90 Å². The number of hydrogen-bond donors (Lipinski definition) is 2. The summed E-state index contributed by atoms with van der Waals surface area (Å²) in [6.07, 6.45) is 4.66. The Hall–Kier alpha value is -2.79. The van der Waals surface area contributed by atoms with E-state index in [0.717, 1.165) is 32.1 Å². The molecule has 0 spiro atoms. The number of nitrogens with two attached hydrogens (primary N) is 1. The van der Waals surface area contributed by atoms with Crippen molar-refractivity contribution in [3.63, 3.8) is 0 Å². The number of benzene rings is 1. The molecule has 4 rings (SSSR count). The van der Waals surface area contributed by atoms with Crippen LogP contribution in [0.5, 0.6) is 5.75 Å². The van der Waals surface area contributed by atoms with Crippen LogP contribution < -0.4 is 20.7 Å². The van der Waals surface area contributed by atoms with Crippen LogP contribution in [0.4, 0.5) is 20.2 Å². The maximum absolute atomic E-state index is 13.0. The van der Waals surface area contributed by atoms with Crippen LogP contribution in [-0.2, 0) is 19.1 Å². The van der Waals surface area contributed by atoms with Crippen LogP contribution in [0, 0.1) is 0 Å². The third-order valence-electron chi connectivity index (χ3n) is 6.00. The molecule has 0 radical (unpaired) electrons. The summed E-state index contributed by atoms with van der Waals surface area (Å²) in [5.41, 5.74) is 5.89. The molecule has 0 unspecified atom stereocenters. The van der Waals surface area contributed by atoms with Crippen molar-refractivity contribution in [3.05, 3.63) is 18.2 Å². The van der Waals surface area contributed by atoms with Gasteiger partial charge in [0.05, 0.1) is 12.3 Å². The summed E-state index contributed by atoms with van der Waals surface area (Å²) in [6.45, 7) is -2.84. The zero-order valence-corrected chi connectivity index (χ0v) is 17.5. The molecule has 3 amide bonds. The van der Waals surface area contributed by atoms with Crippen molar-refractivity contribution in [2.24, 2.45) is 5.73 Å². The molecule has 3 fully saturated rings. The van der Waals surface area contributed by atoms with E-state index in [4.69, 9.17) is 10.5 Å². The lowest BCUT2D eigenvalue weighted by Gasteiger charge is -2.41. The molecule has 174 valence electrons. The average Bonchev–Trinajstić information content (AvgIpc) is 3.51. The highest BCUT2D eigenvalue weighted by molar-refractivity contribution is 6.10. The van der Waals surface area contributed by atoms with Gasteiger partial charge in [-0.05, 0) is 37.8 Å². The van der Waals surface area contributed by atoms with E-state index in [1.165, 1.54) is 23.1 Å². The standard InChI is InChI=1S/C21H26F2N4O5/c22-21(23)32-16-10-12(4-7-15(16)26-8-9-31-11-17(26)28)25-20(30)18(19(24)29)27(14-5-6-14)13-2-1-3-13/h4,7,10,13-14,18,21H,1-3,5-6,8-9,11H2,(H2,24,29)(H,25,30)/t18-/m0/s1. The highest BCUT2D eigenvalue weighted by Crippen LogP contribution is 2.38. The third-order valence-corrected chi connectivity index (χ3v) is 6.00. The van der Waals surface area contributed by atoms with E-state index in [-0.39, 0.29) is 54.9 Å². The molecule has 11 heteroatoms. The van der Waals surface area contributed by atoms with Gasteiger partial charge in [0.2, 0.25) is 5.91 Å². The lowest BCUT2D eigenvalue weighted by molar-refractivity contribution is -0.135. The first-order valence-electron chi connectivity index (χ1n) is 10.7. The van der Waals surface area contributed by atoms with E-state index in [2.05, 4.69) is 10.1 Å². The number of primary amides is 1. The second-order valence-corrected chi connectivity index (χ2v) is 8.22. The molecule has 1 saturated heterocycles. The number of halogens is 2. The number of ether oxygens (including phenoxy) is 2. The molecule has 1 heterocycles. The van der Waals surface area contributed by atoms with Crippen LogP contribution in [0.15, 0.2) is 18.2 Å². The lowest BCUT2D eigenvalue weighted by atomic mass is 9.89. The number of hydrogen-bond acceptors (Lipinski definition) is 6. The van der Waals surface area contributed by atoms with Gasteiger partial charge in [-0.3, -0.25) is 19.3 Å². The molecule has 1 aliphatic heterocycles. The zero-order chi connectivity index (χ0) is 22.8. The largest absolute Gasteiger partial charge is 0.433 e. The molecule has 9 nitrogen and oxygen atoms in total. The molecule has 1 aromatic carbocycles. The normalized spacial score (nSPS) is 20.2. The fourth-order valence-corrected chi connectivity index (χ4v) is 4.18. The zero-order valence-electron chi connectivity index (χ0n) is 17.5. The van der Waals surface area contributed by atoms with Crippen LogP contribution in [0.2, 0.25) is 0 Å². The van der Waals surface area contributed by atoms with E-state index >= 15 is 0 Å². The first-order valence-corrected chi connectivity index (χ1v) is 10.7. The Morgan fingerprint density at radius 1 is 1.22 bits per heavy atom. The van der Waals surface area contributed by atoms with Crippen LogP contribution in [0.25, 0.3) is 0 Å². The molecule has 3 aliphatic rings. The van der Waals surface area contributed by atoms with Crippen molar-refractivity contribution in [1.29, 1.82) is 0 Å². The third kappa shape index (κ3) is 4.83. The quantitative estimate of drug-likeness (QED) is 0.549. The van der Waals surface area contributed by atoms with Crippen LogP contribution in [0.3, 0.4) is 0 Å². The smallest absolute Gasteiger partial charge is 0.387 e. The van der Waals surface area contributed by atoms with Gasteiger partial charge < -0.3 is 25.4 Å². The number of anilines is 2. The predicted octanol–water partition coefficient (Wildman–Crippen LogP) is 1.46. The van der Waals surface area contributed by atoms with Gasteiger partial charge in [-0.15, -0.1) is 0 Å². The maximum Gasteiger partial charge on any atom is 0.387 e. The van der Waals surface area contributed by atoms with Gasteiger partial charge in [-0.1, -0.05) is 6.42 Å². The Morgan fingerprint density at radius 2 is 1.94 bits per heavy atom. The van der Waals surface area contributed by atoms with Crippen LogP contribution in [0.1, 0.15) is 32.1 Å². The molecular formula is C21H26F2N4O5. The van der Waals surface area contributed by atoms with Gasteiger partial charge in [0.15, 0.2) is 11.8 Å². The van der Waals surface area contributed by atoms with Crippen molar-refractivity contribution < 1.29 is 32.6 Å². The van der Waals surface area contributed by atoms with Crippen molar-refractivity contribution in [2.75, 3.05) is 30.0 Å². The average molecular weight is 452 g/mol. The summed E-state index contributed by atoms with van der Waals surface area (Å²) in [4.78, 5) is 40.5. The van der Waals surface area contributed by atoms with Gasteiger partial charge in [0, 0.05) is 30.4 Å². The van der Waals surface area contributed by atoms with Crippen LogP contribution in [-0.4, -0.2) is 67.1 Å². The summed E-state index contributed by atoms with van der Waals surface area (Å²) in [5, 5.41) is 2.61. The fourth-order valence-electron chi connectivity index (χ4n) is 4.18. The van der Waals surface area contributed by atoms with Gasteiger partial charge in [0.25, 0.3) is 11.8 Å². The maximum atomic E-state index is 13.0. The van der Waals surface area contributed by atoms with Gasteiger partial charge >= 0.3 is 6.61 Å². The monoisotopic (exact) mass is 452 g/mol. The summed E-state index contributed by atoms with van der Waals surface area (Å²) in [6, 6.07) is 3.24. The molecule has 1 atom stereocenters. The second-order valence-electron chi connectivity index (χ2n) is 8.22. The Labute approximate surface area is 183 Å². The minimum atomic E-state index is -3.13. The van der Waals surface area contributed by atoms with E-state index in [1.54, 1.807) is 0 Å². The highest BCUT2D eigenvalue weighted by Gasteiger charge is 2.45. The number of nitrogens with zero attached hydrogens (tertiary/aromatic N) is 2. The predicted molar refractivity (Wildman–Crippen MR) is 110 cm³/mol. The van der Waals surface area contributed by atoms with Crippen molar-refractivity contribution in [3.8, 4) is 5.75 Å². The minimum Gasteiger partial charge on any atom is -0.433 e. The number of amides is 3. The molecule has 0 bridgehead atoms. The topological polar surface area (TPSA) is 114 Å². The van der Waals surface area contributed by atoms with Crippen molar-refractivity contribution >= 4 is 29.1 Å². The summed E-state index contributed by atoms with van der Waals surface area (Å²) in [5.74, 6) is -2.02. The highest BCUT2D eigenvalue weighted by atomic mass is 19.3. The number of nitrogens with one attached hydrogen (secondary N) is 1. The number of alkyl halides is 2. The Morgan fingerprint density at radius 3 is 2.50 bits per heavy atom. The fraction of sp³-hybridized carbons (Fsp3) is 0.571.